The van der Waals surface area contributed by atoms with Crippen molar-refractivity contribution in [1.29, 1.82) is 0 Å². The molecule has 0 radical (unpaired) electrons. The quantitative estimate of drug-likeness (QED) is 0.602. The lowest BCUT2D eigenvalue weighted by molar-refractivity contribution is -0.385. The van der Waals surface area contributed by atoms with Gasteiger partial charge in [-0.3, -0.25) is 19.7 Å². The zero-order valence-corrected chi connectivity index (χ0v) is 9.23. The van der Waals surface area contributed by atoms with Gasteiger partial charge in [-0.05, 0) is 12.1 Å². The van der Waals surface area contributed by atoms with E-state index < -0.39 is 29.0 Å². The number of nitrogens with one attached hydrogen (secondary N) is 1. The van der Waals surface area contributed by atoms with Gasteiger partial charge in [0.2, 0.25) is 5.91 Å². The molecule has 2 amide bonds. The number of rotatable bonds is 4. The molecule has 1 rings (SSSR count). The van der Waals surface area contributed by atoms with E-state index in [1.54, 1.807) is 0 Å². The van der Waals surface area contributed by atoms with Gasteiger partial charge < -0.3 is 11.1 Å². The number of nitrogens with two attached hydrogens (primary N) is 1. The molecule has 0 aliphatic heterocycles. The molecule has 0 aromatic heterocycles. The lowest BCUT2D eigenvalue weighted by atomic mass is 10.1. The third kappa shape index (κ3) is 3.42. The van der Waals surface area contributed by atoms with Crippen LogP contribution in [0.25, 0.3) is 0 Å². The van der Waals surface area contributed by atoms with Crippen LogP contribution in [-0.2, 0) is 4.79 Å². The summed E-state index contributed by atoms with van der Waals surface area (Å²) < 4.78 is 0. The van der Waals surface area contributed by atoms with Crippen LogP contribution in [0.15, 0.2) is 18.2 Å². The predicted octanol–water partition coefficient (Wildman–Crippen LogP) is 0.463. The number of halogens is 1. The number of nitrogens with zero attached hydrogens (tertiary/aromatic N) is 1. The molecule has 0 spiro atoms. The van der Waals surface area contributed by atoms with Crippen LogP contribution in [0.1, 0.15) is 10.4 Å². The highest BCUT2D eigenvalue weighted by atomic mass is 35.5. The standard InChI is InChI=1S/C9H8ClN3O4/c10-5-1-2-7(13(16)17)6(3-5)9(15)12-4-8(11)14/h1-3H,4H2,(H2,11,14)(H,12,15). The Bertz CT molecular complexity index is 489. The maximum absolute atomic E-state index is 11.5. The predicted molar refractivity (Wildman–Crippen MR) is 59.6 cm³/mol. The van der Waals surface area contributed by atoms with Crippen molar-refractivity contribution in [2.75, 3.05) is 6.54 Å². The van der Waals surface area contributed by atoms with E-state index in [0.29, 0.717) is 0 Å². The SMILES string of the molecule is NC(=O)CNC(=O)c1cc(Cl)ccc1[N+](=O)[O-]. The Balaban J connectivity index is 3.02. The summed E-state index contributed by atoms with van der Waals surface area (Å²) in [6.45, 7) is -0.400. The molecule has 0 fully saturated rings. The summed E-state index contributed by atoms with van der Waals surface area (Å²) in [6, 6.07) is 3.56. The number of nitro benzene ring substituents is 1. The fourth-order valence-corrected chi connectivity index (χ4v) is 1.28. The zero-order valence-electron chi connectivity index (χ0n) is 8.47. The van der Waals surface area contributed by atoms with Gasteiger partial charge in [0.1, 0.15) is 5.56 Å². The number of nitro groups is 1. The van der Waals surface area contributed by atoms with Gasteiger partial charge in [0.25, 0.3) is 11.6 Å². The van der Waals surface area contributed by atoms with Crippen molar-refractivity contribution < 1.29 is 14.5 Å². The minimum absolute atomic E-state index is 0.180. The minimum Gasteiger partial charge on any atom is -0.368 e. The first kappa shape index (κ1) is 12.9. The molecule has 90 valence electrons. The monoisotopic (exact) mass is 257 g/mol. The smallest absolute Gasteiger partial charge is 0.282 e. The molecule has 3 N–H and O–H groups in total. The molecular weight excluding hydrogens is 250 g/mol. The third-order valence-corrected chi connectivity index (χ3v) is 2.06. The Morgan fingerprint density at radius 3 is 2.65 bits per heavy atom. The van der Waals surface area contributed by atoms with Crippen LogP contribution in [0.3, 0.4) is 0 Å². The van der Waals surface area contributed by atoms with E-state index in [0.717, 1.165) is 12.1 Å². The van der Waals surface area contributed by atoms with Crippen molar-refractivity contribution in [2.45, 2.75) is 0 Å². The number of hydrogen-bond donors (Lipinski definition) is 2. The molecule has 17 heavy (non-hydrogen) atoms. The molecule has 0 saturated heterocycles. The topological polar surface area (TPSA) is 115 Å². The molecule has 1 aromatic rings. The second kappa shape index (κ2) is 5.26. The van der Waals surface area contributed by atoms with Gasteiger partial charge in [-0.2, -0.15) is 0 Å². The van der Waals surface area contributed by atoms with E-state index in [2.05, 4.69) is 5.32 Å². The van der Waals surface area contributed by atoms with E-state index >= 15 is 0 Å². The molecule has 8 heteroatoms. The Morgan fingerprint density at radius 1 is 1.47 bits per heavy atom. The molecule has 0 heterocycles. The summed E-state index contributed by atoms with van der Waals surface area (Å²) in [4.78, 5) is 32.0. The number of benzene rings is 1. The fourth-order valence-electron chi connectivity index (χ4n) is 1.11. The second-order valence-corrected chi connectivity index (χ2v) is 3.50. The van der Waals surface area contributed by atoms with Gasteiger partial charge >= 0.3 is 0 Å². The summed E-state index contributed by atoms with van der Waals surface area (Å²) in [7, 11) is 0. The molecule has 1 aromatic carbocycles. The maximum atomic E-state index is 11.5. The number of carbonyl (C=O) groups excluding carboxylic acids is 2. The first-order chi connectivity index (χ1) is 7.91. The van der Waals surface area contributed by atoms with Crippen LogP contribution in [0.5, 0.6) is 0 Å². The van der Waals surface area contributed by atoms with E-state index in [4.69, 9.17) is 17.3 Å². The van der Waals surface area contributed by atoms with Crippen LogP contribution >= 0.6 is 11.6 Å². The normalized spacial score (nSPS) is 9.71. The van der Waals surface area contributed by atoms with Crippen molar-refractivity contribution in [1.82, 2.24) is 5.32 Å². The molecule has 0 saturated carbocycles. The highest BCUT2D eigenvalue weighted by Gasteiger charge is 2.20. The molecule has 0 bridgehead atoms. The minimum atomic E-state index is -0.780. The first-order valence-electron chi connectivity index (χ1n) is 4.42. The Labute approximate surface area is 101 Å². The first-order valence-corrected chi connectivity index (χ1v) is 4.80. The summed E-state index contributed by atoms with van der Waals surface area (Å²) in [6.07, 6.45) is 0. The van der Waals surface area contributed by atoms with E-state index in [-0.39, 0.29) is 10.6 Å². The van der Waals surface area contributed by atoms with Crippen molar-refractivity contribution in [3.63, 3.8) is 0 Å². The Hall–Kier alpha value is -2.15. The van der Waals surface area contributed by atoms with Crippen LogP contribution in [-0.4, -0.2) is 23.3 Å². The van der Waals surface area contributed by atoms with Gasteiger partial charge in [0.15, 0.2) is 0 Å². The largest absolute Gasteiger partial charge is 0.368 e. The number of amides is 2. The molecule has 0 aliphatic rings. The van der Waals surface area contributed by atoms with Gasteiger partial charge in [-0.1, -0.05) is 11.6 Å². The lowest BCUT2D eigenvalue weighted by Gasteiger charge is -2.04. The lowest BCUT2D eigenvalue weighted by Crippen LogP contribution is -2.33. The highest BCUT2D eigenvalue weighted by Crippen LogP contribution is 2.22. The molecular formula is C9H8ClN3O4. The molecule has 0 aliphatic carbocycles. The maximum Gasteiger partial charge on any atom is 0.282 e. The molecule has 7 nitrogen and oxygen atoms in total. The number of hydrogen-bond acceptors (Lipinski definition) is 4. The van der Waals surface area contributed by atoms with Gasteiger partial charge in [-0.15, -0.1) is 0 Å². The second-order valence-electron chi connectivity index (χ2n) is 3.07. The van der Waals surface area contributed by atoms with Gasteiger partial charge in [0, 0.05) is 11.1 Å². The third-order valence-electron chi connectivity index (χ3n) is 1.82. The van der Waals surface area contributed by atoms with Crippen LogP contribution in [0.2, 0.25) is 5.02 Å². The van der Waals surface area contributed by atoms with Gasteiger partial charge in [0.05, 0.1) is 11.5 Å². The molecule has 0 atom stereocenters. The molecule has 0 unspecified atom stereocenters. The van der Waals surface area contributed by atoms with Gasteiger partial charge in [-0.25, -0.2) is 0 Å². The summed E-state index contributed by atoms with van der Waals surface area (Å²) >= 11 is 5.63. The summed E-state index contributed by atoms with van der Waals surface area (Å²) in [5, 5.41) is 13.0. The van der Waals surface area contributed by atoms with E-state index in [9.17, 15) is 19.7 Å². The van der Waals surface area contributed by atoms with E-state index in [1.807, 2.05) is 0 Å². The van der Waals surface area contributed by atoms with Crippen molar-refractivity contribution in [3.05, 3.63) is 38.9 Å². The summed E-state index contributed by atoms with van der Waals surface area (Å²) in [5.41, 5.74) is 4.22. The fraction of sp³-hybridized carbons (Fsp3) is 0.111. The highest BCUT2D eigenvalue weighted by molar-refractivity contribution is 6.31. The van der Waals surface area contributed by atoms with Crippen molar-refractivity contribution in [3.8, 4) is 0 Å². The van der Waals surface area contributed by atoms with E-state index in [1.165, 1.54) is 6.07 Å². The van der Waals surface area contributed by atoms with Crippen LogP contribution < -0.4 is 11.1 Å². The average Bonchev–Trinajstić information content (AvgIpc) is 2.25. The zero-order chi connectivity index (χ0) is 13.0. The summed E-state index contributed by atoms with van der Waals surface area (Å²) in [5.74, 6) is -1.53. The van der Waals surface area contributed by atoms with Crippen LogP contribution in [0, 0.1) is 10.1 Å². The number of carbonyl (C=O) groups is 2. The Morgan fingerprint density at radius 2 is 2.12 bits per heavy atom. The van der Waals surface area contributed by atoms with Crippen LogP contribution in [0.4, 0.5) is 5.69 Å². The number of primary amides is 1. The van der Waals surface area contributed by atoms with Crippen molar-refractivity contribution in [2.24, 2.45) is 5.73 Å². The van der Waals surface area contributed by atoms with Crippen molar-refractivity contribution >= 4 is 29.1 Å². The Kier molecular flexibility index (Phi) is 4.00. The average molecular weight is 258 g/mol.